The van der Waals surface area contributed by atoms with Crippen molar-refractivity contribution in [3.63, 3.8) is 0 Å². The molecule has 1 aromatic rings. The largest absolute Gasteiger partial charge is 0.416 e. The van der Waals surface area contributed by atoms with Crippen molar-refractivity contribution >= 4 is 17.8 Å². The summed E-state index contributed by atoms with van der Waals surface area (Å²) < 4.78 is 38.5. The zero-order valence-corrected chi connectivity index (χ0v) is 17.1. The van der Waals surface area contributed by atoms with Crippen molar-refractivity contribution in [1.82, 2.24) is 20.0 Å². The van der Waals surface area contributed by atoms with Gasteiger partial charge in [0.1, 0.15) is 6.54 Å². The van der Waals surface area contributed by atoms with Crippen LogP contribution in [0.2, 0.25) is 0 Å². The number of benzene rings is 1. The van der Waals surface area contributed by atoms with E-state index in [-0.39, 0.29) is 44.4 Å². The van der Waals surface area contributed by atoms with Crippen molar-refractivity contribution in [2.24, 2.45) is 0 Å². The average molecular weight is 437 g/mol. The second kappa shape index (κ2) is 8.09. The molecule has 31 heavy (non-hydrogen) atoms. The van der Waals surface area contributed by atoms with Gasteiger partial charge in [0.25, 0.3) is 5.91 Å². The van der Waals surface area contributed by atoms with Gasteiger partial charge in [0, 0.05) is 19.6 Å². The summed E-state index contributed by atoms with van der Waals surface area (Å²) in [5, 5.41) is 11.4. The molecule has 2 heterocycles. The highest BCUT2D eigenvalue weighted by Gasteiger charge is 2.61. The normalized spacial score (nSPS) is 19.2. The Morgan fingerprint density at radius 1 is 1.26 bits per heavy atom. The molecule has 8 nitrogen and oxygen atoms in total. The third-order valence-electron chi connectivity index (χ3n) is 5.73. The molecule has 1 spiro atoms. The summed E-state index contributed by atoms with van der Waals surface area (Å²) in [6.45, 7) is 1.30. The van der Waals surface area contributed by atoms with Gasteiger partial charge in [-0.2, -0.15) is 18.4 Å². The smallest absolute Gasteiger partial charge is 0.341 e. The lowest BCUT2D eigenvalue weighted by Gasteiger charge is -2.58. The first-order valence-electron chi connectivity index (χ1n) is 9.65. The molecule has 2 fully saturated rings. The number of carbonyl (C=O) groups is 3. The zero-order valence-electron chi connectivity index (χ0n) is 17.1. The minimum Gasteiger partial charge on any atom is -0.341 e. The molecule has 2 saturated heterocycles. The molecule has 3 rings (SSSR count). The molecular formula is C20H22F3N5O3. The topological polar surface area (TPSA) is 96.7 Å². The fraction of sp³-hybridized carbons (Fsp3) is 0.500. The molecule has 1 atom stereocenters. The Labute approximate surface area is 177 Å². The lowest BCUT2D eigenvalue weighted by Crippen LogP contribution is -2.81. The number of nitrogens with zero attached hydrogens (tertiary/aromatic N) is 4. The molecule has 1 unspecified atom stereocenters. The molecular weight excluding hydrogens is 415 g/mol. The van der Waals surface area contributed by atoms with E-state index in [2.05, 4.69) is 5.32 Å². The van der Waals surface area contributed by atoms with Crippen molar-refractivity contribution in [3.05, 3.63) is 35.4 Å². The summed E-state index contributed by atoms with van der Waals surface area (Å²) in [6, 6.07) is 5.50. The van der Waals surface area contributed by atoms with Gasteiger partial charge in [-0.05, 0) is 24.6 Å². The second-order valence-electron chi connectivity index (χ2n) is 7.76. The number of nitriles is 1. The minimum atomic E-state index is -4.48. The lowest BCUT2D eigenvalue weighted by atomic mass is 9.83. The van der Waals surface area contributed by atoms with Gasteiger partial charge in [0.2, 0.25) is 5.91 Å². The molecule has 1 aromatic carbocycles. The van der Waals surface area contributed by atoms with Crippen LogP contribution in [-0.4, -0.2) is 70.8 Å². The Morgan fingerprint density at radius 3 is 2.39 bits per heavy atom. The van der Waals surface area contributed by atoms with Gasteiger partial charge in [0.05, 0.1) is 31.1 Å². The van der Waals surface area contributed by atoms with E-state index < -0.39 is 29.4 Å². The predicted molar refractivity (Wildman–Crippen MR) is 102 cm³/mol. The molecule has 2 aliphatic heterocycles. The molecule has 0 saturated carbocycles. The Kier molecular flexibility index (Phi) is 5.85. The molecule has 0 aromatic heterocycles. The van der Waals surface area contributed by atoms with Crippen LogP contribution in [0.4, 0.5) is 18.0 Å². The monoisotopic (exact) mass is 437 g/mol. The van der Waals surface area contributed by atoms with E-state index in [9.17, 15) is 27.6 Å². The Hall–Kier alpha value is -3.29. The lowest BCUT2D eigenvalue weighted by molar-refractivity contribution is -0.178. The third-order valence-corrected chi connectivity index (χ3v) is 5.73. The van der Waals surface area contributed by atoms with Gasteiger partial charge in [-0.15, -0.1) is 0 Å². The highest BCUT2D eigenvalue weighted by atomic mass is 19.4. The van der Waals surface area contributed by atoms with Crippen molar-refractivity contribution in [3.8, 4) is 6.07 Å². The van der Waals surface area contributed by atoms with Crippen LogP contribution in [0.15, 0.2) is 24.3 Å². The van der Waals surface area contributed by atoms with Gasteiger partial charge >= 0.3 is 12.2 Å². The van der Waals surface area contributed by atoms with E-state index in [4.69, 9.17) is 5.26 Å². The fourth-order valence-corrected chi connectivity index (χ4v) is 3.94. The third kappa shape index (κ3) is 4.02. The first-order valence-corrected chi connectivity index (χ1v) is 9.65. The Morgan fingerprint density at radius 2 is 1.87 bits per heavy atom. The van der Waals surface area contributed by atoms with E-state index in [1.54, 1.807) is 6.92 Å². The molecule has 0 aliphatic carbocycles. The first kappa shape index (κ1) is 22.4. The van der Waals surface area contributed by atoms with E-state index in [0.717, 1.165) is 12.1 Å². The first-order chi connectivity index (χ1) is 14.5. The zero-order chi connectivity index (χ0) is 23.0. The summed E-state index contributed by atoms with van der Waals surface area (Å²) in [4.78, 5) is 42.4. The molecule has 11 heteroatoms. The Balaban J connectivity index is 1.89. The predicted octanol–water partition coefficient (Wildman–Crippen LogP) is 1.57. The van der Waals surface area contributed by atoms with Crippen LogP contribution in [0, 0.1) is 11.3 Å². The van der Waals surface area contributed by atoms with E-state index >= 15 is 0 Å². The number of amides is 4. The van der Waals surface area contributed by atoms with Crippen LogP contribution in [0.1, 0.15) is 24.5 Å². The summed E-state index contributed by atoms with van der Waals surface area (Å²) >= 11 is 0. The van der Waals surface area contributed by atoms with Crippen molar-refractivity contribution in [2.75, 3.05) is 26.7 Å². The summed E-state index contributed by atoms with van der Waals surface area (Å²) in [7, 11) is 1.45. The van der Waals surface area contributed by atoms with Gasteiger partial charge in [-0.3, -0.25) is 9.59 Å². The summed E-state index contributed by atoms with van der Waals surface area (Å²) in [5.74, 6) is -0.761. The van der Waals surface area contributed by atoms with Gasteiger partial charge in [-0.25, -0.2) is 4.79 Å². The van der Waals surface area contributed by atoms with E-state index in [1.165, 1.54) is 33.9 Å². The van der Waals surface area contributed by atoms with Crippen LogP contribution < -0.4 is 5.32 Å². The van der Waals surface area contributed by atoms with Gasteiger partial charge < -0.3 is 20.0 Å². The molecule has 0 radical (unpaired) electrons. The number of piperazine rings is 1. The minimum absolute atomic E-state index is 0.0341. The fourth-order valence-electron chi connectivity index (χ4n) is 3.94. The van der Waals surface area contributed by atoms with Crippen molar-refractivity contribution < 1.29 is 27.6 Å². The molecule has 0 bridgehead atoms. The molecule has 4 amide bonds. The van der Waals surface area contributed by atoms with Crippen molar-refractivity contribution in [1.29, 1.82) is 5.26 Å². The number of halogens is 3. The maximum absolute atomic E-state index is 13.3. The number of likely N-dealkylation sites (tertiary alicyclic amines) is 1. The maximum Gasteiger partial charge on any atom is 0.416 e. The van der Waals surface area contributed by atoms with Crippen LogP contribution >= 0.6 is 0 Å². The summed E-state index contributed by atoms with van der Waals surface area (Å²) in [5.41, 5.74) is -1.68. The number of urea groups is 1. The number of carbonyl (C=O) groups excluding carboxylic acids is 3. The Bertz CT molecular complexity index is 919. The van der Waals surface area contributed by atoms with Gasteiger partial charge in [-0.1, -0.05) is 12.1 Å². The van der Waals surface area contributed by atoms with E-state index in [1.807, 2.05) is 6.07 Å². The van der Waals surface area contributed by atoms with Gasteiger partial charge in [0.15, 0.2) is 5.54 Å². The SMILES string of the molecule is CNC(=O)N1CC2(C1)C(=O)N(C(C)CC#N)CC(=O)N2Cc1ccc(C(F)(F)F)cc1. The number of alkyl halides is 3. The average Bonchev–Trinajstić information content (AvgIpc) is 2.68. The highest BCUT2D eigenvalue weighted by Crippen LogP contribution is 2.36. The van der Waals surface area contributed by atoms with Crippen LogP contribution in [0.25, 0.3) is 0 Å². The number of hydrogen-bond acceptors (Lipinski definition) is 4. The van der Waals surface area contributed by atoms with Crippen LogP contribution in [0.3, 0.4) is 0 Å². The molecule has 1 N–H and O–H groups in total. The van der Waals surface area contributed by atoms with E-state index in [0.29, 0.717) is 5.56 Å². The molecule has 166 valence electrons. The second-order valence-corrected chi connectivity index (χ2v) is 7.76. The maximum atomic E-state index is 13.3. The van der Waals surface area contributed by atoms with Crippen LogP contribution in [-0.2, 0) is 22.3 Å². The molecule has 2 aliphatic rings. The highest BCUT2D eigenvalue weighted by molar-refractivity contribution is 6.00. The summed E-state index contributed by atoms with van der Waals surface area (Å²) in [6.07, 6.45) is -4.43. The van der Waals surface area contributed by atoms with Crippen molar-refractivity contribution in [2.45, 2.75) is 37.6 Å². The number of nitrogens with one attached hydrogen (secondary N) is 1. The van der Waals surface area contributed by atoms with Crippen LogP contribution in [0.5, 0.6) is 0 Å². The number of hydrogen-bond donors (Lipinski definition) is 1. The number of rotatable bonds is 4. The standard InChI is InChI=1S/C20H22F3N5O3/c1-13(7-8-24)27-10-16(29)28(9-14-3-5-15(6-4-14)20(21,22)23)19(17(27)30)11-26(12-19)18(31)25-2/h3-6,13H,7,9-12H2,1-2H3,(H,25,31). The quantitative estimate of drug-likeness (QED) is 0.774.